The zero-order valence-electron chi connectivity index (χ0n) is 13.0. The van der Waals surface area contributed by atoms with Crippen LogP contribution in [0.2, 0.25) is 0 Å². The second-order valence-electron chi connectivity index (χ2n) is 4.26. The van der Waals surface area contributed by atoms with Gasteiger partial charge in [0.2, 0.25) is 0 Å². The molecule has 133 valence electrons. The minimum absolute atomic E-state index is 0. The number of carbonyl (C=O) groups excluding carboxylic acids is 4. The van der Waals surface area contributed by atoms with Crippen LogP contribution in [0.5, 0.6) is 0 Å². The van der Waals surface area contributed by atoms with Crippen LogP contribution in [0.15, 0.2) is 0 Å². The number of carbonyl (C=O) groups is 4. The summed E-state index contributed by atoms with van der Waals surface area (Å²) in [7, 11) is 0. The molecular formula is C11H16FeKN2O9. The van der Waals surface area contributed by atoms with E-state index in [1.807, 2.05) is 0 Å². The Morgan fingerprint density at radius 3 is 1.00 bits per heavy atom. The topological polar surface area (TPSA) is 198 Å². The van der Waals surface area contributed by atoms with Crippen molar-refractivity contribution in [3.05, 3.63) is 0 Å². The molecule has 0 aromatic carbocycles. The van der Waals surface area contributed by atoms with Gasteiger partial charge < -0.3 is 45.1 Å². The molecule has 1 radical (unpaired) electrons. The molecule has 0 rings (SSSR count). The first-order valence-corrected chi connectivity index (χ1v) is 5.94. The summed E-state index contributed by atoms with van der Waals surface area (Å²) in [4.78, 5) is 43.8. The third kappa shape index (κ3) is 20.0. The van der Waals surface area contributed by atoms with Gasteiger partial charge in [-0.25, -0.2) is 0 Å². The Labute approximate surface area is 191 Å². The molecule has 0 aliphatic rings. The van der Waals surface area contributed by atoms with Gasteiger partial charge in [0.25, 0.3) is 0 Å². The van der Waals surface area contributed by atoms with Gasteiger partial charge in [0.15, 0.2) is 0 Å². The molecule has 11 nitrogen and oxygen atoms in total. The Morgan fingerprint density at radius 2 is 0.833 bits per heavy atom. The normalized spacial score (nSPS) is 9.42. The number of carboxylic acids is 4. The zero-order chi connectivity index (χ0) is 16.4. The molecule has 0 unspecified atom stereocenters. The molecule has 0 amide bonds. The first-order chi connectivity index (χ1) is 9.70. The number of carboxylic acid groups (broad SMARTS) is 4. The Morgan fingerprint density at radius 1 is 0.625 bits per heavy atom. The molecule has 2 N–H and O–H groups in total. The Hall–Kier alpha value is -0.0842. The minimum Gasteiger partial charge on any atom is -0.549 e. The smallest absolute Gasteiger partial charge is 0.549 e. The van der Waals surface area contributed by atoms with Gasteiger partial charge in [-0.2, -0.15) is 0 Å². The molecule has 0 atom stereocenters. The Balaban J connectivity index is -0.000000667. The van der Waals surface area contributed by atoms with E-state index in [1.165, 1.54) is 0 Å². The van der Waals surface area contributed by atoms with Crippen LogP contribution in [-0.2, 0) is 36.2 Å². The van der Waals surface area contributed by atoms with E-state index in [2.05, 4.69) is 0 Å². The maximum Gasteiger partial charge on any atom is 3.00 e. The van der Waals surface area contributed by atoms with Crippen LogP contribution in [0, 0.1) is 0 Å². The standard InChI is InChI=1S/C11H18N2O8.Fe.K.H2O/c14-8(15)4-12(5-9(16)17)2-1-3-13(6-10(18)19)7-11(20)21;;;/h1-7H2,(H,14,15)(H,16,17)(H,18,19)(H,20,21);;;1H2/q;+3;+1;/p-4. The van der Waals surface area contributed by atoms with Crippen molar-refractivity contribution in [1.82, 2.24) is 9.80 Å². The van der Waals surface area contributed by atoms with Crippen LogP contribution >= 0.6 is 0 Å². The van der Waals surface area contributed by atoms with Crippen molar-refractivity contribution in [3.63, 3.8) is 0 Å². The average Bonchev–Trinajstić information content (AvgIpc) is 2.24. The van der Waals surface area contributed by atoms with Gasteiger partial charge in [-0.15, -0.1) is 0 Å². The molecule has 13 heteroatoms. The van der Waals surface area contributed by atoms with Crippen LogP contribution in [0.4, 0.5) is 0 Å². The van der Waals surface area contributed by atoms with E-state index in [4.69, 9.17) is 0 Å². The predicted molar refractivity (Wildman–Crippen MR) is 61.1 cm³/mol. The summed E-state index contributed by atoms with van der Waals surface area (Å²) in [5.74, 6) is -5.90. The molecule has 0 bridgehead atoms. The van der Waals surface area contributed by atoms with E-state index in [1.54, 1.807) is 0 Å². The number of hydrogen-bond acceptors (Lipinski definition) is 10. The van der Waals surface area contributed by atoms with Crippen molar-refractivity contribution >= 4 is 23.9 Å². The third-order valence-corrected chi connectivity index (χ3v) is 2.36. The fourth-order valence-corrected chi connectivity index (χ4v) is 1.68. The molecule has 0 aromatic heterocycles. The Kier molecular flexibility index (Phi) is 23.4. The molecule has 0 fully saturated rings. The average molecular weight is 415 g/mol. The van der Waals surface area contributed by atoms with E-state index in [0.717, 1.165) is 9.80 Å². The van der Waals surface area contributed by atoms with Crippen LogP contribution in [0.3, 0.4) is 0 Å². The minimum atomic E-state index is -1.47. The molecule has 0 aliphatic carbocycles. The summed E-state index contributed by atoms with van der Waals surface area (Å²) in [6.45, 7) is -2.55. The van der Waals surface area contributed by atoms with Gasteiger partial charge >= 0.3 is 68.5 Å². The quantitative estimate of drug-likeness (QED) is 0.276. The first kappa shape index (κ1) is 31.7. The SMILES string of the molecule is O.O=C([O-])CN(CCCN(CC(=O)[O-])CC(=O)[O-])CC(=O)[O-].[Fe+3].[K+]. The van der Waals surface area contributed by atoms with Crippen molar-refractivity contribution in [1.29, 1.82) is 0 Å². The summed E-state index contributed by atoms with van der Waals surface area (Å²) in [5.41, 5.74) is 0. The molecular weight excluding hydrogens is 399 g/mol. The number of aliphatic carboxylic acids is 4. The van der Waals surface area contributed by atoms with Crippen LogP contribution in [-0.4, -0.2) is 78.4 Å². The summed E-state index contributed by atoms with van der Waals surface area (Å²) >= 11 is 0. The van der Waals surface area contributed by atoms with Crippen molar-refractivity contribution in [2.45, 2.75) is 6.42 Å². The molecule has 0 saturated carbocycles. The van der Waals surface area contributed by atoms with Gasteiger partial charge in [-0.05, 0) is 6.42 Å². The van der Waals surface area contributed by atoms with Gasteiger partial charge in [-0.3, -0.25) is 9.80 Å². The summed E-state index contributed by atoms with van der Waals surface area (Å²) < 4.78 is 0. The van der Waals surface area contributed by atoms with E-state index in [9.17, 15) is 39.6 Å². The second-order valence-corrected chi connectivity index (χ2v) is 4.26. The summed E-state index contributed by atoms with van der Waals surface area (Å²) in [5, 5.41) is 41.7. The number of nitrogens with zero attached hydrogens (tertiary/aromatic N) is 2. The molecule has 0 heterocycles. The van der Waals surface area contributed by atoms with Crippen LogP contribution in [0.1, 0.15) is 6.42 Å². The van der Waals surface area contributed by atoms with Crippen molar-refractivity contribution in [2.24, 2.45) is 0 Å². The second kappa shape index (κ2) is 17.7. The van der Waals surface area contributed by atoms with E-state index in [0.29, 0.717) is 0 Å². The van der Waals surface area contributed by atoms with Gasteiger partial charge in [0, 0.05) is 39.3 Å². The molecule has 0 aromatic rings. The zero-order valence-corrected chi connectivity index (χ0v) is 17.2. The van der Waals surface area contributed by atoms with Gasteiger partial charge in [0.1, 0.15) is 0 Å². The molecule has 24 heavy (non-hydrogen) atoms. The predicted octanol–water partition coefficient (Wildman–Crippen LogP) is -10.8. The maximum absolute atomic E-state index is 10.4. The van der Waals surface area contributed by atoms with Gasteiger partial charge in [-0.1, -0.05) is 0 Å². The Bertz CT molecular complexity index is 343. The first-order valence-electron chi connectivity index (χ1n) is 5.94. The molecule has 0 spiro atoms. The summed E-state index contributed by atoms with van der Waals surface area (Å²) in [6.07, 6.45) is 0.140. The largest absolute Gasteiger partial charge is 3.00 e. The third-order valence-electron chi connectivity index (χ3n) is 2.36. The maximum atomic E-state index is 10.4. The monoisotopic (exact) mass is 415 g/mol. The van der Waals surface area contributed by atoms with Crippen LogP contribution < -0.4 is 71.8 Å². The van der Waals surface area contributed by atoms with Crippen molar-refractivity contribution in [2.75, 3.05) is 39.3 Å². The van der Waals surface area contributed by atoms with E-state index >= 15 is 0 Å². The summed E-state index contributed by atoms with van der Waals surface area (Å²) in [6, 6.07) is 0. The molecule has 0 saturated heterocycles. The van der Waals surface area contributed by atoms with E-state index in [-0.39, 0.29) is 93.4 Å². The number of hydrogen-bond donors (Lipinski definition) is 0. The van der Waals surface area contributed by atoms with Crippen molar-refractivity contribution in [3.8, 4) is 0 Å². The number of rotatable bonds is 12. The van der Waals surface area contributed by atoms with Crippen LogP contribution in [0.25, 0.3) is 0 Å². The van der Waals surface area contributed by atoms with Gasteiger partial charge in [0.05, 0.1) is 23.9 Å². The fraction of sp³-hybridized carbons (Fsp3) is 0.636. The molecule has 0 aliphatic heterocycles. The van der Waals surface area contributed by atoms with Crippen molar-refractivity contribution < 1.29 is 114 Å². The fourth-order valence-electron chi connectivity index (χ4n) is 1.68. The van der Waals surface area contributed by atoms with E-state index < -0.39 is 50.1 Å².